The Morgan fingerprint density at radius 1 is 1.39 bits per heavy atom. The van der Waals surface area contributed by atoms with Crippen molar-refractivity contribution in [1.82, 2.24) is 0 Å². The fourth-order valence-corrected chi connectivity index (χ4v) is 1.41. The van der Waals surface area contributed by atoms with Crippen LogP contribution in [0.4, 0.5) is 5.69 Å². The maximum atomic E-state index is 11.4. The number of hydrogen-bond donors (Lipinski definition) is 1. The lowest BCUT2D eigenvalue weighted by molar-refractivity contribution is -0.151. The molecule has 0 aliphatic carbocycles. The summed E-state index contributed by atoms with van der Waals surface area (Å²) in [5.74, 6) is 0.268. The Balaban J connectivity index is 2.25. The highest BCUT2D eigenvalue weighted by Gasteiger charge is 2.09. The minimum absolute atomic E-state index is 0.183. The summed E-state index contributed by atoms with van der Waals surface area (Å²) in [6, 6.07) is 7.15. The molecule has 0 aliphatic heterocycles. The molecule has 0 spiro atoms. The molecule has 1 aromatic rings. The third-order valence-corrected chi connectivity index (χ3v) is 2.22. The van der Waals surface area contributed by atoms with Crippen molar-refractivity contribution in [3.8, 4) is 5.75 Å². The summed E-state index contributed by atoms with van der Waals surface area (Å²) in [4.78, 5) is 11.4. The molecule has 0 saturated heterocycles. The molecule has 100 valence electrons. The molecule has 5 nitrogen and oxygen atoms in total. The van der Waals surface area contributed by atoms with Gasteiger partial charge in [0, 0.05) is 7.11 Å². The zero-order valence-electron chi connectivity index (χ0n) is 10.7. The normalized spacial score (nSPS) is 11.9. The van der Waals surface area contributed by atoms with E-state index in [0.717, 1.165) is 0 Å². The molecule has 1 unspecified atom stereocenters. The Morgan fingerprint density at radius 3 is 2.78 bits per heavy atom. The van der Waals surface area contributed by atoms with Gasteiger partial charge in [0.25, 0.3) is 0 Å². The monoisotopic (exact) mass is 253 g/mol. The Hall–Kier alpha value is -1.75. The van der Waals surface area contributed by atoms with E-state index in [9.17, 15) is 4.79 Å². The van der Waals surface area contributed by atoms with Crippen LogP contribution in [0, 0.1) is 0 Å². The van der Waals surface area contributed by atoms with Gasteiger partial charge in [-0.05, 0) is 19.1 Å². The van der Waals surface area contributed by atoms with Crippen LogP contribution in [0.3, 0.4) is 0 Å². The summed E-state index contributed by atoms with van der Waals surface area (Å²) >= 11 is 0. The second-order valence-corrected chi connectivity index (χ2v) is 3.89. The molecule has 0 aromatic heterocycles. The molecule has 2 N–H and O–H groups in total. The van der Waals surface area contributed by atoms with Crippen LogP contribution in [0.2, 0.25) is 0 Å². The summed E-state index contributed by atoms with van der Waals surface area (Å²) < 4.78 is 15.3. The van der Waals surface area contributed by atoms with Crippen molar-refractivity contribution in [2.24, 2.45) is 0 Å². The molecule has 5 heteroatoms. The Labute approximate surface area is 107 Å². The van der Waals surface area contributed by atoms with E-state index in [2.05, 4.69) is 0 Å². The van der Waals surface area contributed by atoms with Gasteiger partial charge in [-0.25, -0.2) is 0 Å². The van der Waals surface area contributed by atoms with E-state index in [1.165, 1.54) is 0 Å². The topological polar surface area (TPSA) is 70.8 Å². The Bertz CT molecular complexity index is 381. The number of para-hydroxylation sites is 2. The van der Waals surface area contributed by atoms with E-state index >= 15 is 0 Å². The van der Waals surface area contributed by atoms with E-state index in [0.29, 0.717) is 18.0 Å². The molecule has 1 aromatic carbocycles. The first-order valence-electron chi connectivity index (χ1n) is 5.79. The quantitative estimate of drug-likeness (QED) is 0.590. The number of nitrogens with two attached hydrogens (primary N) is 1. The molecule has 0 bridgehead atoms. The number of nitrogen functional groups attached to an aromatic ring is 1. The SMILES string of the molecule is COCC(C)OC(=O)CCOc1ccccc1N. The lowest BCUT2D eigenvalue weighted by Gasteiger charge is -2.12. The summed E-state index contributed by atoms with van der Waals surface area (Å²) in [5.41, 5.74) is 6.25. The van der Waals surface area contributed by atoms with Crippen molar-refractivity contribution in [2.45, 2.75) is 19.4 Å². The fourth-order valence-electron chi connectivity index (χ4n) is 1.41. The van der Waals surface area contributed by atoms with Crippen LogP contribution in [0.1, 0.15) is 13.3 Å². The average molecular weight is 253 g/mol. The van der Waals surface area contributed by atoms with E-state index in [1.54, 1.807) is 26.2 Å². The van der Waals surface area contributed by atoms with Crippen LogP contribution in [0.25, 0.3) is 0 Å². The predicted molar refractivity (Wildman–Crippen MR) is 68.4 cm³/mol. The van der Waals surface area contributed by atoms with E-state index in [1.807, 2.05) is 12.1 Å². The summed E-state index contributed by atoms with van der Waals surface area (Å²) in [5, 5.41) is 0. The summed E-state index contributed by atoms with van der Waals surface area (Å²) in [6.07, 6.45) is -0.0631. The minimum atomic E-state index is -0.311. The molecule has 1 atom stereocenters. The first kappa shape index (κ1) is 14.3. The van der Waals surface area contributed by atoms with Crippen molar-refractivity contribution in [3.05, 3.63) is 24.3 Å². The first-order valence-corrected chi connectivity index (χ1v) is 5.79. The number of rotatable bonds is 7. The largest absolute Gasteiger partial charge is 0.491 e. The zero-order valence-corrected chi connectivity index (χ0v) is 10.7. The summed E-state index contributed by atoms with van der Waals surface area (Å²) in [7, 11) is 1.56. The molecule has 0 radical (unpaired) electrons. The van der Waals surface area contributed by atoms with Crippen LogP contribution >= 0.6 is 0 Å². The van der Waals surface area contributed by atoms with Crippen LogP contribution in [-0.2, 0) is 14.3 Å². The van der Waals surface area contributed by atoms with Gasteiger partial charge in [0.2, 0.25) is 0 Å². The number of methoxy groups -OCH3 is 1. The number of carbonyl (C=O) groups is 1. The second kappa shape index (κ2) is 7.55. The number of esters is 1. The number of ether oxygens (including phenoxy) is 3. The average Bonchev–Trinajstić information content (AvgIpc) is 2.31. The van der Waals surface area contributed by atoms with Crippen LogP contribution in [0.5, 0.6) is 5.75 Å². The molecule has 1 rings (SSSR count). The minimum Gasteiger partial charge on any atom is -0.491 e. The van der Waals surface area contributed by atoms with Crippen molar-refractivity contribution >= 4 is 11.7 Å². The summed E-state index contributed by atoms with van der Waals surface area (Å²) in [6.45, 7) is 2.41. The second-order valence-electron chi connectivity index (χ2n) is 3.89. The standard InChI is InChI=1S/C13H19NO4/c1-10(9-16-2)18-13(15)7-8-17-12-6-4-3-5-11(12)14/h3-6,10H,7-9,14H2,1-2H3. The highest BCUT2D eigenvalue weighted by molar-refractivity contribution is 5.69. The molecule has 18 heavy (non-hydrogen) atoms. The number of benzene rings is 1. The highest BCUT2D eigenvalue weighted by atomic mass is 16.6. The first-order chi connectivity index (χ1) is 8.63. The van der Waals surface area contributed by atoms with Gasteiger partial charge in [0.05, 0.1) is 25.3 Å². The van der Waals surface area contributed by atoms with Gasteiger partial charge in [-0.15, -0.1) is 0 Å². The number of hydrogen-bond acceptors (Lipinski definition) is 5. The van der Waals surface area contributed by atoms with Crippen molar-refractivity contribution in [1.29, 1.82) is 0 Å². The van der Waals surface area contributed by atoms with Crippen LogP contribution in [-0.4, -0.2) is 32.4 Å². The molecule has 0 saturated carbocycles. The molecule has 0 fully saturated rings. The molecular formula is C13H19NO4. The van der Waals surface area contributed by atoms with Crippen molar-refractivity contribution in [2.75, 3.05) is 26.1 Å². The molecule has 0 aliphatic rings. The Kier molecular flexibility index (Phi) is 6.00. The van der Waals surface area contributed by atoms with Gasteiger partial charge in [-0.3, -0.25) is 4.79 Å². The lowest BCUT2D eigenvalue weighted by Crippen LogP contribution is -2.20. The zero-order chi connectivity index (χ0) is 13.4. The molecule has 0 amide bonds. The van der Waals surface area contributed by atoms with Crippen molar-refractivity contribution in [3.63, 3.8) is 0 Å². The third-order valence-electron chi connectivity index (χ3n) is 2.22. The van der Waals surface area contributed by atoms with Gasteiger partial charge < -0.3 is 19.9 Å². The van der Waals surface area contributed by atoms with E-state index < -0.39 is 0 Å². The van der Waals surface area contributed by atoms with Crippen molar-refractivity contribution < 1.29 is 19.0 Å². The highest BCUT2D eigenvalue weighted by Crippen LogP contribution is 2.19. The van der Waals surface area contributed by atoms with Gasteiger partial charge in [0.1, 0.15) is 11.9 Å². The third kappa shape index (κ3) is 5.05. The van der Waals surface area contributed by atoms with E-state index in [-0.39, 0.29) is 25.1 Å². The number of carbonyl (C=O) groups excluding carboxylic acids is 1. The smallest absolute Gasteiger partial charge is 0.309 e. The maximum absolute atomic E-state index is 11.4. The maximum Gasteiger partial charge on any atom is 0.309 e. The Morgan fingerprint density at radius 2 is 2.11 bits per heavy atom. The molecular weight excluding hydrogens is 234 g/mol. The van der Waals surface area contributed by atoms with Crippen LogP contribution < -0.4 is 10.5 Å². The van der Waals surface area contributed by atoms with Gasteiger partial charge in [-0.1, -0.05) is 12.1 Å². The van der Waals surface area contributed by atoms with Crippen LogP contribution in [0.15, 0.2) is 24.3 Å². The van der Waals surface area contributed by atoms with Gasteiger partial charge >= 0.3 is 5.97 Å². The fraction of sp³-hybridized carbons (Fsp3) is 0.462. The molecule has 0 heterocycles. The number of anilines is 1. The van der Waals surface area contributed by atoms with Gasteiger partial charge in [0.15, 0.2) is 0 Å². The van der Waals surface area contributed by atoms with Gasteiger partial charge in [-0.2, -0.15) is 0 Å². The lowest BCUT2D eigenvalue weighted by atomic mass is 10.3. The van der Waals surface area contributed by atoms with E-state index in [4.69, 9.17) is 19.9 Å². The predicted octanol–water partition coefficient (Wildman–Crippen LogP) is 1.62.